The SMILES string of the molecule is Cc1nc([C@@H]2CN(Cc3scnc3C)CCO2)cc(N(C)C)n1. The van der Waals surface area contributed by atoms with E-state index in [4.69, 9.17) is 4.74 Å². The van der Waals surface area contributed by atoms with Gasteiger partial charge in [0, 0.05) is 44.7 Å². The van der Waals surface area contributed by atoms with E-state index in [2.05, 4.69) is 26.8 Å². The minimum absolute atomic E-state index is 0.00243. The molecule has 0 aliphatic carbocycles. The van der Waals surface area contributed by atoms with Gasteiger partial charge in [0.25, 0.3) is 0 Å². The molecule has 0 spiro atoms. The number of rotatable bonds is 4. The Morgan fingerprint density at radius 1 is 1.35 bits per heavy atom. The van der Waals surface area contributed by atoms with Crippen LogP contribution in [0.1, 0.15) is 28.2 Å². The summed E-state index contributed by atoms with van der Waals surface area (Å²) in [5.74, 6) is 1.71. The number of thiazole rings is 1. The molecule has 23 heavy (non-hydrogen) atoms. The van der Waals surface area contributed by atoms with Crippen molar-refractivity contribution in [2.75, 3.05) is 38.7 Å². The van der Waals surface area contributed by atoms with Crippen LogP contribution in [0.15, 0.2) is 11.6 Å². The van der Waals surface area contributed by atoms with Gasteiger partial charge in [-0.2, -0.15) is 0 Å². The molecule has 3 rings (SSSR count). The Morgan fingerprint density at radius 2 is 2.17 bits per heavy atom. The zero-order valence-electron chi connectivity index (χ0n) is 14.1. The van der Waals surface area contributed by atoms with Crippen molar-refractivity contribution < 1.29 is 4.74 Å². The molecule has 6 nitrogen and oxygen atoms in total. The molecular formula is C16H23N5OS. The minimum Gasteiger partial charge on any atom is -0.369 e. The molecule has 124 valence electrons. The molecule has 1 aliphatic rings. The van der Waals surface area contributed by atoms with Crippen LogP contribution in [0.5, 0.6) is 0 Å². The van der Waals surface area contributed by atoms with E-state index in [1.807, 2.05) is 37.5 Å². The van der Waals surface area contributed by atoms with Crippen LogP contribution in [0.25, 0.3) is 0 Å². The molecule has 1 saturated heterocycles. The smallest absolute Gasteiger partial charge is 0.132 e. The van der Waals surface area contributed by atoms with Crippen molar-refractivity contribution in [3.05, 3.63) is 33.7 Å². The summed E-state index contributed by atoms with van der Waals surface area (Å²) in [6.07, 6.45) is -0.00243. The Labute approximate surface area is 141 Å². The molecule has 2 aromatic heterocycles. The van der Waals surface area contributed by atoms with E-state index >= 15 is 0 Å². The van der Waals surface area contributed by atoms with E-state index in [0.717, 1.165) is 49.3 Å². The van der Waals surface area contributed by atoms with Gasteiger partial charge in [-0.05, 0) is 13.8 Å². The molecule has 1 atom stereocenters. The molecule has 0 aromatic carbocycles. The Bertz CT molecular complexity index is 672. The van der Waals surface area contributed by atoms with Gasteiger partial charge in [-0.25, -0.2) is 15.0 Å². The summed E-state index contributed by atoms with van der Waals surface area (Å²) in [5, 5.41) is 0. The van der Waals surface area contributed by atoms with Crippen LogP contribution in [-0.4, -0.2) is 53.6 Å². The topological polar surface area (TPSA) is 54.4 Å². The first-order chi connectivity index (χ1) is 11.0. The first-order valence-corrected chi connectivity index (χ1v) is 8.66. The molecule has 0 saturated carbocycles. The Kier molecular flexibility index (Phi) is 4.89. The predicted molar refractivity (Wildman–Crippen MR) is 91.9 cm³/mol. The summed E-state index contributed by atoms with van der Waals surface area (Å²) in [7, 11) is 3.98. The lowest BCUT2D eigenvalue weighted by molar-refractivity contribution is -0.0348. The maximum atomic E-state index is 5.97. The fourth-order valence-electron chi connectivity index (χ4n) is 2.67. The van der Waals surface area contributed by atoms with Crippen LogP contribution >= 0.6 is 11.3 Å². The minimum atomic E-state index is -0.00243. The van der Waals surface area contributed by atoms with Crippen LogP contribution < -0.4 is 4.90 Å². The molecular weight excluding hydrogens is 310 g/mol. The van der Waals surface area contributed by atoms with Gasteiger partial charge in [0.05, 0.1) is 23.5 Å². The maximum absolute atomic E-state index is 5.97. The van der Waals surface area contributed by atoms with Gasteiger partial charge in [-0.15, -0.1) is 11.3 Å². The van der Waals surface area contributed by atoms with Crippen LogP contribution in [-0.2, 0) is 11.3 Å². The first kappa shape index (κ1) is 16.3. The van der Waals surface area contributed by atoms with E-state index in [-0.39, 0.29) is 6.10 Å². The molecule has 1 fully saturated rings. The van der Waals surface area contributed by atoms with Gasteiger partial charge in [0.2, 0.25) is 0 Å². The van der Waals surface area contributed by atoms with E-state index < -0.39 is 0 Å². The molecule has 0 bridgehead atoms. The van der Waals surface area contributed by atoms with Gasteiger partial charge in [0.1, 0.15) is 17.7 Å². The third-order valence-corrected chi connectivity index (χ3v) is 4.91. The number of aryl methyl sites for hydroxylation is 2. The first-order valence-electron chi connectivity index (χ1n) is 7.78. The molecule has 0 radical (unpaired) electrons. The molecule has 0 unspecified atom stereocenters. The number of hydrogen-bond acceptors (Lipinski definition) is 7. The van der Waals surface area contributed by atoms with Gasteiger partial charge < -0.3 is 9.64 Å². The normalized spacial score (nSPS) is 19.0. The van der Waals surface area contributed by atoms with Crippen molar-refractivity contribution in [1.29, 1.82) is 0 Å². The van der Waals surface area contributed by atoms with Gasteiger partial charge in [0.15, 0.2) is 0 Å². The van der Waals surface area contributed by atoms with E-state index in [0.29, 0.717) is 0 Å². The quantitative estimate of drug-likeness (QED) is 0.855. The van der Waals surface area contributed by atoms with Crippen molar-refractivity contribution >= 4 is 17.2 Å². The third-order valence-electron chi connectivity index (χ3n) is 3.99. The van der Waals surface area contributed by atoms with Crippen molar-refractivity contribution in [3.8, 4) is 0 Å². The Morgan fingerprint density at radius 3 is 2.87 bits per heavy atom. The van der Waals surface area contributed by atoms with Crippen molar-refractivity contribution in [2.24, 2.45) is 0 Å². The van der Waals surface area contributed by atoms with Gasteiger partial charge >= 0.3 is 0 Å². The Balaban J connectivity index is 1.74. The molecule has 1 aliphatic heterocycles. The monoisotopic (exact) mass is 333 g/mol. The predicted octanol–water partition coefficient (Wildman–Crippen LogP) is 2.19. The highest BCUT2D eigenvalue weighted by molar-refractivity contribution is 7.09. The average Bonchev–Trinajstić information content (AvgIpc) is 2.92. The standard InChI is InChI=1S/C16H23N5OS/c1-11-15(23-10-17-11)9-21-5-6-22-14(8-21)13-7-16(20(3)4)19-12(2)18-13/h7,10,14H,5-6,8-9H2,1-4H3/t14-/m0/s1. The van der Waals surface area contributed by atoms with Crippen LogP contribution in [0.3, 0.4) is 0 Å². The zero-order chi connectivity index (χ0) is 16.4. The second kappa shape index (κ2) is 6.90. The summed E-state index contributed by atoms with van der Waals surface area (Å²) in [5.41, 5.74) is 4.01. The second-order valence-electron chi connectivity index (χ2n) is 6.05. The van der Waals surface area contributed by atoms with Crippen LogP contribution in [0, 0.1) is 13.8 Å². The average molecular weight is 333 g/mol. The zero-order valence-corrected chi connectivity index (χ0v) is 14.9. The largest absolute Gasteiger partial charge is 0.369 e. The van der Waals surface area contributed by atoms with Gasteiger partial charge in [-0.1, -0.05) is 0 Å². The third kappa shape index (κ3) is 3.85. The molecule has 0 amide bonds. The maximum Gasteiger partial charge on any atom is 0.132 e. The van der Waals surface area contributed by atoms with Crippen molar-refractivity contribution in [3.63, 3.8) is 0 Å². The van der Waals surface area contributed by atoms with Crippen LogP contribution in [0.2, 0.25) is 0 Å². The molecule has 2 aromatic rings. The number of nitrogens with zero attached hydrogens (tertiary/aromatic N) is 5. The van der Waals surface area contributed by atoms with E-state index in [1.165, 1.54) is 4.88 Å². The Hall–Kier alpha value is -1.57. The fraction of sp³-hybridized carbons (Fsp3) is 0.562. The number of anilines is 1. The number of ether oxygens (including phenoxy) is 1. The van der Waals surface area contributed by atoms with Crippen molar-refractivity contribution in [1.82, 2.24) is 19.9 Å². The van der Waals surface area contributed by atoms with Gasteiger partial charge in [-0.3, -0.25) is 4.90 Å². The lowest BCUT2D eigenvalue weighted by atomic mass is 10.2. The second-order valence-corrected chi connectivity index (χ2v) is 6.99. The number of aromatic nitrogens is 3. The molecule has 7 heteroatoms. The number of hydrogen-bond donors (Lipinski definition) is 0. The summed E-state index contributed by atoms with van der Waals surface area (Å²) in [4.78, 5) is 19.1. The summed E-state index contributed by atoms with van der Waals surface area (Å²) < 4.78 is 5.97. The van der Waals surface area contributed by atoms with Crippen LogP contribution in [0.4, 0.5) is 5.82 Å². The van der Waals surface area contributed by atoms with Crippen molar-refractivity contribution in [2.45, 2.75) is 26.5 Å². The summed E-state index contributed by atoms with van der Waals surface area (Å²) in [6, 6.07) is 2.03. The van der Waals surface area contributed by atoms with E-state index in [9.17, 15) is 0 Å². The summed E-state index contributed by atoms with van der Waals surface area (Å²) >= 11 is 1.72. The number of morpholine rings is 1. The molecule has 3 heterocycles. The highest BCUT2D eigenvalue weighted by Gasteiger charge is 2.24. The lowest BCUT2D eigenvalue weighted by Gasteiger charge is -2.32. The lowest BCUT2D eigenvalue weighted by Crippen LogP contribution is -2.38. The summed E-state index contributed by atoms with van der Waals surface area (Å²) in [6.45, 7) is 7.45. The fourth-order valence-corrected chi connectivity index (χ4v) is 3.49. The van der Waals surface area contributed by atoms with E-state index in [1.54, 1.807) is 11.3 Å². The molecule has 0 N–H and O–H groups in total. The highest BCUT2D eigenvalue weighted by Crippen LogP contribution is 2.25. The highest BCUT2D eigenvalue weighted by atomic mass is 32.1.